The Labute approximate surface area is 138 Å². The largest absolute Gasteiger partial charge is 0.437 e. The topological polar surface area (TPSA) is 93.2 Å². The summed E-state index contributed by atoms with van der Waals surface area (Å²) in [7, 11) is 1.77. The van der Waals surface area contributed by atoms with E-state index in [4.69, 9.17) is 4.42 Å². The maximum atomic E-state index is 11.9. The Balaban J connectivity index is 1.60. The number of aryl methyl sites for hydroxylation is 1. The number of aliphatic hydroxyl groups is 1. The van der Waals surface area contributed by atoms with Crippen LogP contribution in [0.1, 0.15) is 18.4 Å². The molecule has 2 aromatic heterocycles. The van der Waals surface area contributed by atoms with Gasteiger partial charge in [-0.2, -0.15) is 5.10 Å². The zero-order valence-corrected chi connectivity index (χ0v) is 13.4. The molecule has 3 aromatic rings. The van der Waals surface area contributed by atoms with Crippen LogP contribution in [0.4, 0.5) is 0 Å². The highest BCUT2D eigenvalue weighted by Gasteiger charge is 2.25. The summed E-state index contributed by atoms with van der Waals surface area (Å²) in [5.41, 5.74) is 0.831. The van der Waals surface area contributed by atoms with E-state index in [1.165, 1.54) is 12.2 Å². The van der Waals surface area contributed by atoms with Crippen LogP contribution in [-0.2, 0) is 17.4 Å². The quantitative estimate of drug-likeness (QED) is 0.695. The van der Waals surface area contributed by atoms with Gasteiger partial charge in [0.15, 0.2) is 5.58 Å². The third-order valence-corrected chi connectivity index (χ3v) is 3.62. The molecule has 3 rings (SSSR count). The van der Waals surface area contributed by atoms with Crippen molar-refractivity contribution in [2.24, 2.45) is 7.05 Å². The molecule has 0 spiro atoms. The second-order valence-electron chi connectivity index (χ2n) is 5.75. The number of fused-ring (bicyclic) bond motifs is 1. The fraction of sp³-hybridized carbons (Fsp3) is 0.235. The van der Waals surface area contributed by atoms with Crippen molar-refractivity contribution in [3.8, 4) is 0 Å². The number of carbonyl (C=O) groups is 1. The summed E-state index contributed by atoms with van der Waals surface area (Å²) in [6.07, 6.45) is 6.10. The molecule has 1 unspecified atom stereocenters. The minimum absolute atomic E-state index is 0.0649. The van der Waals surface area contributed by atoms with Gasteiger partial charge in [0.05, 0.1) is 12.7 Å². The third-order valence-electron chi connectivity index (χ3n) is 3.62. The van der Waals surface area contributed by atoms with E-state index in [0.717, 1.165) is 5.52 Å². The van der Waals surface area contributed by atoms with Crippen LogP contribution in [0.25, 0.3) is 17.2 Å². The molecule has 124 valence electrons. The zero-order valence-electron chi connectivity index (χ0n) is 13.4. The lowest BCUT2D eigenvalue weighted by molar-refractivity contribution is -0.117. The van der Waals surface area contributed by atoms with E-state index in [9.17, 15) is 9.90 Å². The van der Waals surface area contributed by atoms with E-state index in [1.807, 2.05) is 24.3 Å². The van der Waals surface area contributed by atoms with Gasteiger partial charge in [0, 0.05) is 31.0 Å². The lowest BCUT2D eigenvalue weighted by Gasteiger charge is -2.21. The molecule has 0 saturated heterocycles. The molecule has 0 aliphatic rings. The van der Waals surface area contributed by atoms with Gasteiger partial charge in [0.1, 0.15) is 11.1 Å². The number of hydrogen-bond donors (Lipinski definition) is 2. The number of carbonyl (C=O) groups excluding carboxylic acids is 1. The normalized spacial score (nSPS) is 14.1. The van der Waals surface area contributed by atoms with Gasteiger partial charge in [-0.15, -0.1) is 0 Å². The van der Waals surface area contributed by atoms with Gasteiger partial charge in [-0.05, 0) is 19.1 Å². The molecular formula is C17H18N4O3. The Hall–Kier alpha value is -2.93. The summed E-state index contributed by atoms with van der Waals surface area (Å²) in [5, 5.41) is 17.1. The van der Waals surface area contributed by atoms with Gasteiger partial charge in [-0.25, -0.2) is 4.98 Å². The number of aromatic nitrogens is 3. The van der Waals surface area contributed by atoms with E-state index >= 15 is 0 Å². The van der Waals surface area contributed by atoms with E-state index in [-0.39, 0.29) is 12.5 Å². The second-order valence-corrected chi connectivity index (χ2v) is 5.75. The second kappa shape index (κ2) is 6.29. The van der Waals surface area contributed by atoms with E-state index in [1.54, 1.807) is 31.0 Å². The van der Waals surface area contributed by atoms with Crippen molar-refractivity contribution in [2.75, 3.05) is 6.54 Å². The number of amides is 1. The first kappa shape index (κ1) is 15.9. The molecule has 1 aromatic carbocycles. The summed E-state index contributed by atoms with van der Waals surface area (Å²) in [6.45, 7) is 1.68. The Morgan fingerprint density at radius 1 is 1.46 bits per heavy atom. The molecule has 24 heavy (non-hydrogen) atoms. The first-order chi connectivity index (χ1) is 11.4. The number of oxazole rings is 1. The fourth-order valence-electron chi connectivity index (χ4n) is 2.23. The summed E-state index contributed by atoms with van der Waals surface area (Å²) >= 11 is 0. The monoisotopic (exact) mass is 326 g/mol. The van der Waals surface area contributed by atoms with E-state index < -0.39 is 5.60 Å². The Bertz CT molecular complexity index is 859. The van der Waals surface area contributed by atoms with Crippen molar-refractivity contribution in [1.82, 2.24) is 20.1 Å². The van der Waals surface area contributed by atoms with Crippen molar-refractivity contribution in [3.63, 3.8) is 0 Å². The highest BCUT2D eigenvalue weighted by Crippen LogP contribution is 2.18. The summed E-state index contributed by atoms with van der Waals surface area (Å²) in [5.74, 6) is 0.00629. The molecule has 2 heterocycles. The van der Waals surface area contributed by atoms with Crippen LogP contribution in [0.5, 0.6) is 0 Å². The van der Waals surface area contributed by atoms with Gasteiger partial charge >= 0.3 is 0 Å². The van der Waals surface area contributed by atoms with Crippen LogP contribution in [0.15, 0.2) is 47.2 Å². The minimum atomic E-state index is -1.20. The van der Waals surface area contributed by atoms with Crippen LogP contribution in [0.3, 0.4) is 0 Å². The first-order valence-corrected chi connectivity index (χ1v) is 7.47. The van der Waals surface area contributed by atoms with Crippen LogP contribution in [0, 0.1) is 0 Å². The molecular weight excluding hydrogens is 308 g/mol. The molecule has 2 N–H and O–H groups in total. The number of hydrogen-bond acceptors (Lipinski definition) is 5. The Morgan fingerprint density at radius 2 is 2.25 bits per heavy atom. The molecule has 7 heteroatoms. The van der Waals surface area contributed by atoms with E-state index in [2.05, 4.69) is 15.4 Å². The highest BCUT2D eigenvalue weighted by molar-refractivity contribution is 5.91. The van der Waals surface area contributed by atoms with Crippen LogP contribution in [-0.4, -0.2) is 32.3 Å². The van der Waals surface area contributed by atoms with Crippen molar-refractivity contribution in [2.45, 2.75) is 12.5 Å². The molecule has 0 saturated carbocycles. The number of benzene rings is 1. The zero-order chi connectivity index (χ0) is 17.2. The number of rotatable bonds is 5. The van der Waals surface area contributed by atoms with Gasteiger partial charge in [-0.1, -0.05) is 12.1 Å². The Kier molecular flexibility index (Phi) is 4.18. The predicted octanol–water partition coefficient (Wildman–Crippen LogP) is 1.60. The van der Waals surface area contributed by atoms with Crippen molar-refractivity contribution in [1.29, 1.82) is 0 Å². The first-order valence-electron chi connectivity index (χ1n) is 7.47. The summed E-state index contributed by atoms with van der Waals surface area (Å²) in [6, 6.07) is 7.37. The number of para-hydroxylation sites is 2. The molecule has 1 atom stereocenters. The fourth-order valence-corrected chi connectivity index (χ4v) is 2.23. The maximum Gasteiger partial charge on any atom is 0.244 e. The molecule has 1 amide bonds. The average Bonchev–Trinajstić information content (AvgIpc) is 3.17. The lowest BCUT2D eigenvalue weighted by atomic mass is 10.00. The molecule has 7 nitrogen and oxygen atoms in total. The smallest absolute Gasteiger partial charge is 0.244 e. The van der Waals surface area contributed by atoms with Gasteiger partial charge in [-0.3, -0.25) is 9.48 Å². The van der Waals surface area contributed by atoms with E-state index in [0.29, 0.717) is 17.0 Å². The van der Waals surface area contributed by atoms with Crippen molar-refractivity contribution < 1.29 is 14.3 Å². The van der Waals surface area contributed by atoms with Crippen molar-refractivity contribution in [3.05, 3.63) is 54.2 Å². The number of nitrogens with one attached hydrogen (secondary N) is 1. The lowest BCUT2D eigenvalue weighted by Crippen LogP contribution is -2.37. The third kappa shape index (κ3) is 3.52. The van der Waals surface area contributed by atoms with Gasteiger partial charge < -0.3 is 14.8 Å². The molecule has 0 fully saturated rings. The van der Waals surface area contributed by atoms with Crippen LogP contribution < -0.4 is 5.32 Å². The van der Waals surface area contributed by atoms with Gasteiger partial charge in [0.2, 0.25) is 11.8 Å². The van der Waals surface area contributed by atoms with Gasteiger partial charge in [0.25, 0.3) is 0 Å². The SMILES string of the molecule is Cn1cc(C(C)(O)CNC(=O)/C=C/c2nc3ccccc3o2)cn1. The summed E-state index contributed by atoms with van der Waals surface area (Å²) in [4.78, 5) is 16.2. The molecule has 0 radical (unpaired) electrons. The maximum absolute atomic E-state index is 11.9. The van der Waals surface area contributed by atoms with Crippen LogP contribution in [0.2, 0.25) is 0 Å². The molecule has 0 bridgehead atoms. The molecule has 0 aliphatic carbocycles. The number of nitrogens with zero attached hydrogens (tertiary/aromatic N) is 3. The predicted molar refractivity (Wildman–Crippen MR) is 88.8 cm³/mol. The highest BCUT2D eigenvalue weighted by atomic mass is 16.3. The minimum Gasteiger partial charge on any atom is -0.437 e. The molecule has 0 aliphatic heterocycles. The van der Waals surface area contributed by atoms with Crippen molar-refractivity contribution >= 4 is 23.1 Å². The summed E-state index contributed by atoms with van der Waals surface area (Å²) < 4.78 is 7.09. The van der Waals surface area contributed by atoms with Crippen LogP contribution >= 0.6 is 0 Å². The Morgan fingerprint density at radius 3 is 2.96 bits per heavy atom. The average molecular weight is 326 g/mol. The standard InChI is InChI=1S/C17H18N4O3/c1-17(23,12-9-19-21(2)10-12)11-18-15(22)7-8-16-20-13-5-3-4-6-14(13)24-16/h3-10,23H,11H2,1-2H3,(H,18,22)/b8-7+.